The van der Waals surface area contributed by atoms with Gasteiger partial charge in [0.25, 0.3) is 5.91 Å². The molecule has 6 nitrogen and oxygen atoms in total. The smallest absolute Gasteiger partial charge is 0.286 e. The number of hydrogen-bond acceptors (Lipinski definition) is 5. The number of benzene rings is 1. The number of fused-ring (bicyclic) bond motifs is 1. The molecule has 0 aliphatic carbocycles. The number of rotatable bonds is 6. The monoisotopic (exact) mass is 343 g/mol. The summed E-state index contributed by atoms with van der Waals surface area (Å²) in [7, 11) is 0. The van der Waals surface area contributed by atoms with E-state index in [1.807, 2.05) is 25.1 Å². The van der Waals surface area contributed by atoms with E-state index in [0.29, 0.717) is 24.5 Å². The molecule has 2 N–H and O–H groups in total. The van der Waals surface area contributed by atoms with Gasteiger partial charge in [-0.3, -0.25) is 9.59 Å². The molecule has 0 aliphatic rings. The molecule has 2 aromatic heterocycles. The maximum atomic E-state index is 12.0. The van der Waals surface area contributed by atoms with Crippen molar-refractivity contribution in [1.29, 1.82) is 0 Å². The fourth-order valence-corrected chi connectivity index (χ4v) is 3.23. The predicted octanol–water partition coefficient (Wildman–Crippen LogP) is 3.35. The SMILES string of the molecule is Cc1cccc2sc(NC(=O)CCCNC(=O)c3ccco3)nc12. The second-order valence-corrected chi connectivity index (χ2v) is 6.36. The molecule has 3 aromatic rings. The van der Waals surface area contributed by atoms with E-state index in [9.17, 15) is 9.59 Å². The normalized spacial score (nSPS) is 10.7. The Morgan fingerprint density at radius 2 is 2.12 bits per heavy atom. The first kappa shape index (κ1) is 16.2. The molecule has 124 valence electrons. The molecule has 0 aliphatic heterocycles. The molecule has 1 aromatic carbocycles. The van der Waals surface area contributed by atoms with Crippen LogP contribution in [0, 0.1) is 6.92 Å². The van der Waals surface area contributed by atoms with Crippen LogP contribution in [0.4, 0.5) is 5.13 Å². The van der Waals surface area contributed by atoms with Gasteiger partial charge in [-0.1, -0.05) is 23.5 Å². The number of thiazole rings is 1. The maximum absolute atomic E-state index is 12.0. The molecule has 0 radical (unpaired) electrons. The quantitative estimate of drug-likeness (QED) is 0.672. The highest BCUT2D eigenvalue weighted by Crippen LogP contribution is 2.27. The lowest BCUT2D eigenvalue weighted by Crippen LogP contribution is -2.25. The number of aryl methyl sites for hydroxylation is 1. The Morgan fingerprint density at radius 1 is 1.25 bits per heavy atom. The van der Waals surface area contributed by atoms with Crippen LogP contribution in [0.25, 0.3) is 10.2 Å². The molecule has 0 atom stereocenters. The summed E-state index contributed by atoms with van der Waals surface area (Å²) in [6, 6.07) is 9.21. The largest absolute Gasteiger partial charge is 0.459 e. The van der Waals surface area contributed by atoms with E-state index in [0.717, 1.165) is 15.8 Å². The van der Waals surface area contributed by atoms with E-state index in [-0.39, 0.29) is 17.6 Å². The van der Waals surface area contributed by atoms with Crippen LogP contribution in [-0.4, -0.2) is 23.3 Å². The van der Waals surface area contributed by atoms with Crippen molar-refractivity contribution in [2.75, 3.05) is 11.9 Å². The molecule has 0 bridgehead atoms. The minimum absolute atomic E-state index is 0.112. The molecule has 24 heavy (non-hydrogen) atoms. The van der Waals surface area contributed by atoms with E-state index in [1.54, 1.807) is 12.1 Å². The minimum Gasteiger partial charge on any atom is -0.459 e. The predicted molar refractivity (Wildman–Crippen MR) is 93.3 cm³/mol. The van der Waals surface area contributed by atoms with Gasteiger partial charge in [-0.25, -0.2) is 4.98 Å². The van der Waals surface area contributed by atoms with Crippen molar-refractivity contribution >= 4 is 38.5 Å². The molecular weight excluding hydrogens is 326 g/mol. The third kappa shape index (κ3) is 3.80. The standard InChI is InChI=1S/C17H17N3O3S/c1-11-5-2-7-13-15(11)20-17(24-13)19-14(21)8-3-9-18-16(22)12-6-4-10-23-12/h2,4-7,10H,3,8-9H2,1H3,(H,18,22)(H,19,20,21). The van der Waals surface area contributed by atoms with E-state index in [1.165, 1.54) is 17.6 Å². The van der Waals surface area contributed by atoms with Gasteiger partial charge in [0.15, 0.2) is 10.9 Å². The van der Waals surface area contributed by atoms with Crippen LogP contribution in [0.3, 0.4) is 0 Å². The Balaban J connectivity index is 1.45. The number of carbonyl (C=O) groups excluding carboxylic acids is 2. The second kappa shape index (κ2) is 7.27. The first-order valence-electron chi connectivity index (χ1n) is 7.61. The Bertz CT molecular complexity index is 855. The van der Waals surface area contributed by atoms with Crippen LogP contribution >= 0.6 is 11.3 Å². The van der Waals surface area contributed by atoms with E-state index in [2.05, 4.69) is 15.6 Å². The van der Waals surface area contributed by atoms with Gasteiger partial charge < -0.3 is 15.1 Å². The molecule has 0 saturated carbocycles. The van der Waals surface area contributed by atoms with Crippen LogP contribution in [-0.2, 0) is 4.79 Å². The number of anilines is 1. The number of nitrogens with zero attached hydrogens (tertiary/aromatic N) is 1. The van der Waals surface area contributed by atoms with Crippen LogP contribution in [0.5, 0.6) is 0 Å². The van der Waals surface area contributed by atoms with Gasteiger partial charge in [0.2, 0.25) is 5.91 Å². The summed E-state index contributed by atoms with van der Waals surface area (Å²) >= 11 is 1.46. The number of aromatic nitrogens is 1. The molecule has 3 rings (SSSR count). The van der Waals surface area contributed by atoms with Crippen molar-refractivity contribution in [3.63, 3.8) is 0 Å². The summed E-state index contributed by atoms with van der Waals surface area (Å²) in [4.78, 5) is 28.1. The summed E-state index contributed by atoms with van der Waals surface area (Å²) in [6.07, 6.45) is 2.30. The summed E-state index contributed by atoms with van der Waals surface area (Å²) in [5, 5.41) is 6.12. The minimum atomic E-state index is -0.276. The van der Waals surface area contributed by atoms with Gasteiger partial charge in [-0.05, 0) is 37.1 Å². The van der Waals surface area contributed by atoms with Crippen molar-refractivity contribution in [1.82, 2.24) is 10.3 Å². The molecule has 2 heterocycles. The van der Waals surface area contributed by atoms with Crippen molar-refractivity contribution in [3.8, 4) is 0 Å². The highest BCUT2D eigenvalue weighted by atomic mass is 32.1. The summed E-state index contributed by atoms with van der Waals surface area (Å²) in [6.45, 7) is 2.40. The zero-order valence-electron chi connectivity index (χ0n) is 13.2. The topological polar surface area (TPSA) is 84.2 Å². The molecule has 7 heteroatoms. The molecular formula is C17H17N3O3S. The third-order valence-electron chi connectivity index (χ3n) is 3.48. The van der Waals surface area contributed by atoms with E-state index < -0.39 is 0 Å². The van der Waals surface area contributed by atoms with Crippen LogP contribution < -0.4 is 10.6 Å². The van der Waals surface area contributed by atoms with Gasteiger partial charge in [0.05, 0.1) is 16.5 Å². The number of carbonyl (C=O) groups is 2. The van der Waals surface area contributed by atoms with Gasteiger partial charge in [-0.15, -0.1) is 0 Å². The summed E-state index contributed by atoms with van der Waals surface area (Å²) < 4.78 is 6.04. The average molecular weight is 343 g/mol. The number of amides is 2. The van der Waals surface area contributed by atoms with Crippen molar-refractivity contribution in [2.45, 2.75) is 19.8 Å². The number of para-hydroxylation sites is 1. The summed E-state index contributed by atoms with van der Waals surface area (Å²) in [5.41, 5.74) is 2.01. The van der Waals surface area contributed by atoms with Crippen LogP contribution in [0.2, 0.25) is 0 Å². The van der Waals surface area contributed by atoms with Crippen LogP contribution in [0.15, 0.2) is 41.0 Å². The summed E-state index contributed by atoms with van der Waals surface area (Å²) in [5.74, 6) is -0.120. The Morgan fingerprint density at radius 3 is 2.88 bits per heavy atom. The zero-order chi connectivity index (χ0) is 16.9. The lowest BCUT2D eigenvalue weighted by atomic mass is 10.2. The Hall–Kier alpha value is -2.67. The average Bonchev–Trinajstić information content (AvgIpc) is 3.21. The fraction of sp³-hybridized carbons (Fsp3) is 0.235. The molecule has 0 saturated heterocycles. The third-order valence-corrected chi connectivity index (χ3v) is 4.41. The molecule has 0 fully saturated rings. The number of nitrogens with one attached hydrogen (secondary N) is 2. The Kier molecular flexibility index (Phi) is 4.90. The Labute approximate surface area is 142 Å². The number of furan rings is 1. The van der Waals surface area contributed by atoms with E-state index in [4.69, 9.17) is 4.42 Å². The van der Waals surface area contributed by atoms with Crippen molar-refractivity contribution < 1.29 is 14.0 Å². The van der Waals surface area contributed by atoms with Crippen LogP contribution in [0.1, 0.15) is 29.0 Å². The first-order valence-corrected chi connectivity index (χ1v) is 8.43. The fourth-order valence-electron chi connectivity index (χ4n) is 2.27. The van der Waals surface area contributed by atoms with Gasteiger partial charge in [-0.2, -0.15) is 0 Å². The number of hydrogen-bond donors (Lipinski definition) is 2. The first-order chi connectivity index (χ1) is 11.6. The van der Waals surface area contributed by atoms with Gasteiger partial charge >= 0.3 is 0 Å². The lowest BCUT2D eigenvalue weighted by Gasteiger charge is -2.03. The molecule has 0 spiro atoms. The molecule has 0 unspecified atom stereocenters. The second-order valence-electron chi connectivity index (χ2n) is 5.33. The highest BCUT2D eigenvalue weighted by molar-refractivity contribution is 7.22. The maximum Gasteiger partial charge on any atom is 0.286 e. The van der Waals surface area contributed by atoms with E-state index >= 15 is 0 Å². The van der Waals surface area contributed by atoms with Crippen molar-refractivity contribution in [3.05, 3.63) is 47.9 Å². The highest BCUT2D eigenvalue weighted by Gasteiger charge is 2.10. The zero-order valence-corrected chi connectivity index (χ0v) is 14.0. The van der Waals surface area contributed by atoms with Crippen molar-refractivity contribution in [2.24, 2.45) is 0 Å². The molecule has 2 amide bonds. The lowest BCUT2D eigenvalue weighted by molar-refractivity contribution is -0.116. The van der Waals surface area contributed by atoms with Gasteiger partial charge in [0.1, 0.15) is 0 Å². The van der Waals surface area contributed by atoms with Gasteiger partial charge in [0, 0.05) is 13.0 Å².